The van der Waals surface area contributed by atoms with Crippen LogP contribution in [0.15, 0.2) is 68.6 Å². The van der Waals surface area contributed by atoms with Crippen LogP contribution < -0.4 is 10.2 Å². The number of aryl methyl sites for hydroxylation is 1. The molecule has 2 aromatic heterocycles. The topological polar surface area (TPSA) is 68.8 Å². The highest BCUT2D eigenvalue weighted by atomic mass is 79.9. The number of ether oxygens (including phenoxy) is 1. The molecule has 0 aliphatic rings. The van der Waals surface area contributed by atoms with Crippen LogP contribution in [0.4, 0.5) is 0 Å². The highest BCUT2D eigenvalue weighted by Crippen LogP contribution is 2.25. The molecule has 0 spiro atoms. The third kappa shape index (κ3) is 4.41. The summed E-state index contributed by atoms with van der Waals surface area (Å²) >= 11 is 3.46. The van der Waals surface area contributed by atoms with Crippen LogP contribution in [-0.4, -0.2) is 23.3 Å². The van der Waals surface area contributed by atoms with Crippen LogP contribution in [0.1, 0.15) is 34.4 Å². The highest BCUT2D eigenvalue weighted by Gasteiger charge is 2.13. The number of nitrogens with one attached hydrogen (secondary N) is 1. The van der Waals surface area contributed by atoms with Crippen molar-refractivity contribution < 1.29 is 13.9 Å². The summed E-state index contributed by atoms with van der Waals surface area (Å²) in [6.45, 7) is 6.56. The Labute approximate surface area is 188 Å². The van der Waals surface area contributed by atoms with Gasteiger partial charge in [-0.25, -0.2) is 5.43 Å². The van der Waals surface area contributed by atoms with Crippen LogP contribution in [0, 0.1) is 13.8 Å². The second-order valence-corrected chi connectivity index (χ2v) is 8.00. The van der Waals surface area contributed by atoms with E-state index in [9.17, 15) is 4.79 Å². The van der Waals surface area contributed by atoms with E-state index in [0.29, 0.717) is 12.2 Å². The molecule has 0 radical (unpaired) electrons. The van der Waals surface area contributed by atoms with E-state index >= 15 is 0 Å². The second kappa shape index (κ2) is 8.81. The molecule has 0 bridgehead atoms. The van der Waals surface area contributed by atoms with E-state index in [-0.39, 0.29) is 5.76 Å². The minimum Gasteiger partial charge on any atom is -0.494 e. The number of aromatic nitrogens is 1. The number of carbonyl (C=O) groups excluding carboxylic acids is 1. The van der Waals surface area contributed by atoms with Gasteiger partial charge in [-0.15, -0.1) is 0 Å². The first-order chi connectivity index (χ1) is 15.0. The molecule has 158 valence electrons. The monoisotopic (exact) mass is 479 g/mol. The first-order valence-electron chi connectivity index (χ1n) is 9.91. The number of nitrogens with zero attached hydrogens (tertiary/aromatic N) is 2. The number of hydrogen-bond acceptors (Lipinski definition) is 4. The average Bonchev–Trinajstić information content (AvgIpc) is 3.29. The molecule has 2 heterocycles. The van der Waals surface area contributed by atoms with Crippen molar-refractivity contribution in [2.24, 2.45) is 5.10 Å². The smallest absolute Gasteiger partial charge is 0.307 e. The largest absolute Gasteiger partial charge is 0.494 e. The Hall–Kier alpha value is -3.32. The van der Waals surface area contributed by atoms with Gasteiger partial charge in [-0.1, -0.05) is 15.9 Å². The van der Waals surface area contributed by atoms with Crippen molar-refractivity contribution in [1.29, 1.82) is 0 Å². The van der Waals surface area contributed by atoms with Crippen molar-refractivity contribution in [3.63, 3.8) is 0 Å². The fourth-order valence-corrected chi connectivity index (χ4v) is 3.78. The molecular formula is C24H22BrN3O3. The third-order valence-corrected chi connectivity index (χ3v) is 5.48. The summed E-state index contributed by atoms with van der Waals surface area (Å²) in [5.74, 6) is 0.523. The standard InChI is InChI=1S/C24H22BrN3O3/c1-4-30-21-9-10-22-17(12-21)13-23(31-22)24(29)27-26-14-18-11-15(2)28(16(18)3)20-7-5-19(25)6-8-20/h5-14H,4H2,1-3H3,(H,27,29)/b26-14-. The summed E-state index contributed by atoms with van der Waals surface area (Å²) in [4.78, 5) is 12.5. The summed E-state index contributed by atoms with van der Waals surface area (Å²) in [6.07, 6.45) is 1.64. The first-order valence-corrected chi connectivity index (χ1v) is 10.7. The minimum atomic E-state index is -0.410. The van der Waals surface area contributed by atoms with Crippen LogP contribution >= 0.6 is 15.9 Å². The zero-order chi connectivity index (χ0) is 22.0. The number of furan rings is 1. The number of fused-ring (bicyclic) bond motifs is 1. The van der Waals surface area contributed by atoms with Crippen molar-refractivity contribution >= 4 is 39.0 Å². The van der Waals surface area contributed by atoms with Crippen LogP contribution in [0.2, 0.25) is 0 Å². The SMILES string of the molecule is CCOc1ccc2oc(C(=O)N/N=C\c3cc(C)n(-c4ccc(Br)cc4)c3C)cc2c1. The Morgan fingerprint density at radius 3 is 2.68 bits per heavy atom. The summed E-state index contributed by atoms with van der Waals surface area (Å²) < 4.78 is 14.3. The molecule has 0 fully saturated rings. The van der Waals surface area contributed by atoms with Gasteiger partial charge < -0.3 is 13.7 Å². The molecule has 2 aromatic carbocycles. The predicted molar refractivity (Wildman–Crippen MR) is 125 cm³/mol. The van der Waals surface area contributed by atoms with Gasteiger partial charge in [0, 0.05) is 32.5 Å². The van der Waals surface area contributed by atoms with E-state index in [1.54, 1.807) is 18.3 Å². The first kappa shape index (κ1) is 20.9. The number of hydrazone groups is 1. The Morgan fingerprint density at radius 1 is 1.16 bits per heavy atom. The van der Waals surface area contributed by atoms with Gasteiger partial charge in [0.1, 0.15) is 11.3 Å². The van der Waals surface area contributed by atoms with E-state index in [1.165, 1.54) is 0 Å². The molecule has 0 saturated carbocycles. The van der Waals surface area contributed by atoms with E-state index in [4.69, 9.17) is 9.15 Å². The number of benzene rings is 2. The number of carbonyl (C=O) groups is 1. The quantitative estimate of drug-likeness (QED) is 0.282. The summed E-state index contributed by atoms with van der Waals surface area (Å²) in [5.41, 5.74) is 7.26. The van der Waals surface area contributed by atoms with Crippen molar-refractivity contribution in [2.75, 3.05) is 6.61 Å². The van der Waals surface area contributed by atoms with Gasteiger partial charge in [-0.2, -0.15) is 5.10 Å². The normalized spacial score (nSPS) is 11.4. The summed E-state index contributed by atoms with van der Waals surface area (Å²) in [5, 5.41) is 4.93. The molecule has 7 heteroatoms. The lowest BCUT2D eigenvalue weighted by molar-refractivity contribution is 0.0929. The van der Waals surface area contributed by atoms with Crippen molar-refractivity contribution in [2.45, 2.75) is 20.8 Å². The van der Waals surface area contributed by atoms with Gasteiger partial charge in [0.2, 0.25) is 0 Å². The molecule has 0 aliphatic heterocycles. The Bertz CT molecular complexity index is 1270. The molecule has 4 aromatic rings. The zero-order valence-corrected chi connectivity index (χ0v) is 19.1. The molecular weight excluding hydrogens is 458 g/mol. The molecule has 4 rings (SSSR count). The van der Waals surface area contributed by atoms with Crippen molar-refractivity contribution in [3.8, 4) is 11.4 Å². The molecule has 1 N–H and O–H groups in total. The van der Waals surface area contributed by atoms with Gasteiger partial charge in [0.15, 0.2) is 5.76 Å². The van der Waals surface area contributed by atoms with E-state index in [2.05, 4.69) is 31.0 Å². The van der Waals surface area contributed by atoms with Crippen molar-refractivity contribution in [1.82, 2.24) is 9.99 Å². The van der Waals surface area contributed by atoms with Gasteiger partial charge >= 0.3 is 5.91 Å². The maximum absolute atomic E-state index is 12.5. The van der Waals surface area contributed by atoms with E-state index in [1.807, 2.05) is 63.2 Å². The van der Waals surface area contributed by atoms with Crippen LogP contribution in [0.5, 0.6) is 5.75 Å². The Morgan fingerprint density at radius 2 is 1.94 bits per heavy atom. The molecule has 0 aliphatic carbocycles. The fraction of sp³-hybridized carbons (Fsp3) is 0.167. The van der Waals surface area contributed by atoms with Gasteiger partial charge in [-0.3, -0.25) is 4.79 Å². The second-order valence-electron chi connectivity index (χ2n) is 7.08. The van der Waals surface area contributed by atoms with Crippen molar-refractivity contribution in [3.05, 3.63) is 81.8 Å². The minimum absolute atomic E-state index is 0.195. The Balaban J connectivity index is 1.50. The van der Waals surface area contributed by atoms with Gasteiger partial charge in [-0.05, 0) is 75.4 Å². The lowest BCUT2D eigenvalue weighted by atomic mass is 10.2. The third-order valence-electron chi connectivity index (χ3n) is 4.95. The van der Waals surface area contributed by atoms with E-state index < -0.39 is 5.91 Å². The van der Waals surface area contributed by atoms with Crippen LogP contribution in [-0.2, 0) is 0 Å². The lowest BCUT2D eigenvalue weighted by Crippen LogP contribution is -2.16. The average molecular weight is 480 g/mol. The van der Waals surface area contributed by atoms with Gasteiger partial charge in [0.25, 0.3) is 0 Å². The number of rotatable bonds is 6. The van der Waals surface area contributed by atoms with Gasteiger partial charge in [0.05, 0.1) is 12.8 Å². The zero-order valence-electron chi connectivity index (χ0n) is 17.5. The molecule has 0 saturated heterocycles. The fourth-order valence-electron chi connectivity index (χ4n) is 3.51. The van der Waals surface area contributed by atoms with Crippen LogP contribution in [0.3, 0.4) is 0 Å². The number of amides is 1. The predicted octanol–water partition coefficient (Wildman–Crippen LogP) is 5.77. The maximum atomic E-state index is 12.5. The highest BCUT2D eigenvalue weighted by molar-refractivity contribution is 9.10. The lowest BCUT2D eigenvalue weighted by Gasteiger charge is -2.09. The Kier molecular flexibility index (Phi) is 5.95. The molecule has 1 amide bonds. The molecule has 0 unspecified atom stereocenters. The molecule has 6 nitrogen and oxygen atoms in total. The van der Waals surface area contributed by atoms with E-state index in [0.717, 1.165) is 38.2 Å². The molecule has 0 atom stereocenters. The maximum Gasteiger partial charge on any atom is 0.307 e. The van der Waals surface area contributed by atoms with Crippen LogP contribution in [0.25, 0.3) is 16.7 Å². The summed E-state index contributed by atoms with van der Waals surface area (Å²) in [7, 11) is 0. The summed E-state index contributed by atoms with van der Waals surface area (Å²) in [6, 6.07) is 17.3. The number of halogens is 1. The number of hydrogen-bond donors (Lipinski definition) is 1. The molecule has 31 heavy (non-hydrogen) atoms.